The zero-order valence-electron chi connectivity index (χ0n) is 14.6. The highest BCUT2D eigenvalue weighted by atomic mass is 16.5. The van der Waals surface area contributed by atoms with E-state index in [4.69, 9.17) is 4.74 Å². The van der Waals surface area contributed by atoms with Crippen molar-refractivity contribution in [2.75, 3.05) is 0 Å². The molecule has 0 saturated heterocycles. The first-order valence-corrected chi connectivity index (χ1v) is 8.20. The van der Waals surface area contributed by atoms with Gasteiger partial charge in [0.05, 0.1) is 5.69 Å². The van der Waals surface area contributed by atoms with Crippen LogP contribution in [-0.2, 0) is 6.54 Å². The number of aryl methyl sites for hydroxylation is 1. The van der Waals surface area contributed by atoms with E-state index < -0.39 is 11.5 Å². The summed E-state index contributed by atoms with van der Waals surface area (Å²) in [6.07, 6.45) is 0. The van der Waals surface area contributed by atoms with E-state index in [0.29, 0.717) is 17.0 Å². The molecule has 0 atom stereocenters. The van der Waals surface area contributed by atoms with Crippen molar-refractivity contribution < 1.29 is 9.53 Å². The number of ether oxygens (including phenoxy) is 1. The number of benzene rings is 2. The first-order chi connectivity index (χ1) is 12.5. The number of carbonyl (C=O) groups is 1. The lowest BCUT2D eigenvalue weighted by molar-refractivity contribution is 0.0948. The number of para-hydroxylation sites is 1. The first kappa shape index (κ1) is 17.4. The zero-order valence-corrected chi connectivity index (χ0v) is 14.6. The highest BCUT2D eigenvalue weighted by Gasteiger charge is 2.15. The summed E-state index contributed by atoms with van der Waals surface area (Å²) in [7, 11) is 0. The van der Waals surface area contributed by atoms with E-state index >= 15 is 0 Å². The molecule has 6 heteroatoms. The Hall–Kier alpha value is -3.41. The molecular formula is C20H19N3O3. The van der Waals surface area contributed by atoms with Gasteiger partial charge in [-0.05, 0) is 49.2 Å². The molecule has 6 nitrogen and oxygen atoms in total. The minimum absolute atomic E-state index is 0.0918. The molecule has 0 aliphatic heterocycles. The van der Waals surface area contributed by atoms with Crippen LogP contribution in [0.25, 0.3) is 0 Å². The molecule has 3 rings (SSSR count). The molecule has 1 aromatic heterocycles. The van der Waals surface area contributed by atoms with Crippen LogP contribution in [0, 0.1) is 13.8 Å². The maximum atomic E-state index is 12.4. The largest absolute Gasteiger partial charge is 0.457 e. The molecule has 1 amide bonds. The number of carbonyl (C=O) groups excluding carboxylic acids is 1. The van der Waals surface area contributed by atoms with Gasteiger partial charge < -0.3 is 10.1 Å². The zero-order chi connectivity index (χ0) is 18.5. The van der Waals surface area contributed by atoms with Crippen molar-refractivity contribution >= 4 is 5.91 Å². The van der Waals surface area contributed by atoms with Gasteiger partial charge in [0.1, 0.15) is 17.1 Å². The van der Waals surface area contributed by atoms with Crippen molar-refractivity contribution in [3.05, 3.63) is 87.3 Å². The fraction of sp³-hybridized carbons (Fsp3) is 0.150. The Morgan fingerprint density at radius 1 is 1.08 bits per heavy atom. The Balaban J connectivity index is 1.71. The number of aromatic nitrogens is 2. The van der Waals surface area contributed by atoms with Crippen molar-refractivity contribution in [3.63, 3.8) is 0 Å². The molecule has 26 heavy (non-hydrogen) atoms. The van der Waals surface area contributed by atoms with Gasteiger partial charge in [0.25, 0.3) is 11.5 Å². The van der Waals surface area contributed by atoms with Gasteiger partial charge in [-0.1, -0.05) is 30.3 Å². The van der Waals surface area contributed by atoms with Crippen molar-refractivity contribution in [2.45, 2.75) is 20.4 Å². The summed E-state index contributed by atoms with van der Waals surface area (Å²) in [5, 5.41) is 8.97. The normalized spacial score (nSPS) is 10.4. The van der Waals surface area contributed by atoms with E-state index in [-0.39, 0.29) is 12.1 Å². The second-order valence-electron chi connectivity index (χ2n) is 5.88. The van der Waals surface area contributed by atoms with Crippen molar-refractivity contribution in [2.24, 2.45) is 0 Å². The minimum atomic E-state index is -0.494. The second-order valence-corrected chi connectivity index (χ2v) is 5.88. The highest BCUT2D eigenvalue weighted by molar-refractivity contribution is 5.95. The average molecular weight is 349 g/mol. The van der Waals surface area contributed by atoms with Crippen LogP contribution in [0.5, 0.6) is 11.5 Å². The molecule has 0 bridgehead atoms. The van der Waals surface area contributed by atoms with E-state index in [2.05, 4.69) is 15.5 Å². The fourth-order valence-electron chi connectivity index (χ4n) is 2.51. The smallest absolute Gasteiger partial charge is 0.277 e. The van der Waals surface area contributed by atoms with E-state index in [0.717, 1.165) is 11.3 Å². The molecule has 0 fully saturated rings. The molecular weight excluding hydrogens is 330 g/mol. The number of nitrogens with one attached hydrogen (secondary N) is 2. The van der Waals surface area contributed by atoms with Crippen molar-refractivity contribution in [1.29, 1.82) is 0 Å². The molecule has 0 radical (unpaired) electrons. The lowest BCUT2D eigenvalue weighted by Crippen LogP contribution is -2.31. The van der Waals surface area contributed by atoms with Crippen LogP contribution in [0.4, 0.5) is 0 Å². The van der Waals surface area contributed by atoms with Crippen LogP contribution >= 0.6 is 0 Å². The van der Waals surface area contributed by atoms with Crippen LogP contribution in [-0.4, -0.2) is 16.1 Å². The van der Waals surface area contributed by atoms with E-state index in [1.165, 1.54) is 0 Å². The Morgan fingerprint density at radius 3 is 2.58 bits per heavy atom. The summed E-state index contributed by atoms with van der Waals surface area (Å²) in [6, 6.07) is 16.9. The standard InChI is InChI=1S/C20H19N3O3/c1-13-14(2)22-23-20(25)18(13)19(24)21-12-15-7-6-10-17(11-15)26-16-8-4-3-5-9-16/h3-11H,12H2,1-2H3,(H,21,24)(H,23,25). The number of hydrogen-bond donors (Lipinski definition) is 2. The molecule has 132 valence electrons. The summed E-state index contributed by atoms with van der Waals surface area (Å²) in [5.74, 6) is 0.989. The van der Waals surface area contributed by atoms with Crippen LogP contribution in [0.3, 0.4) is 0 Å². The summed E-state index contributed by atoms with van der Waals surface area (Å²) in [4.78, 5) is 24.3. The molecule has 3 aromatic rings. The summed E-state index contributed by atoms with van der Waals surface area (Å²) in [6.45, 7) is 3.73. The lowest BCUT2D eigenvalue weighted by atomic mass is 10.1. The molecule has 2 N–H and O–H groups in total. The quantitative estimate of drug-likeness (QED) is 0.741. The topological polar surface area (TPSA) is 84.1 Å². The number of nitrogens with zero attached hydrogens (tertiary/aromatic N) is 1. The number of aromatic amines is 1. The molecule has 0 aliphatic rings. The van der Waals surface area contributed by atoms with E-state index in [1.807, 2.05) is 54.6 Å². The summed E-state index contributed by atoms with van der Waals surface area (Å²) < 4.78 is 5.79. The monoisotopic (exact) mass is 349 g/mol. The maximum Gasteiger partial charge on any atom is 0.277 e. The number of H-pyrrole nitrogens is 1. The van der Waals surface area contributed by atoms with Crippen LogP contribution < -0.4 is 15.6 Å². The number of rotatable bonds is 5. The van der Waals surface area contributed by atoms with E-state index in [9.17, 15) is 9.59 Å². The predicted octanol–water partition coefficient (Wildman–Crippen LogP) is 3.11. The SMILES string of the molecule is Cc1n[nH]c(=O)c(C(=O)NCc2cccc(Oc3ccccc3)c2)c1C. The molecule has 1 heterocycles. The van der Waals surface area contributed by atoms with Crippen LogP contribution in [0.2, 0.25) is 0 Å². The third-order valence-electron chi connectivity index (χ3n) is 4.03. The van der Waals surface area contributed by atoms with Gasteiger partial charge in [-0.3, -0.25) is 9.59 Å². The number of amides is 1. The Bertz CT molecular complexity index is 981. The first-order valence-electron chi connectivity index (χ1n) is 8.20. The molecule has 2 aromatic carbocycles. The third-order valence-corrected chi connectivity index (χ3v) is 4.03. The highest BCUT2D eigenvalue weighted by Crippen LogP contribution is 2.21. The van der Waals surface area contributed by atoms with Gasteiger partial charge >= 0.3 is 0 Å². The molecule has 0 saturated carbocycles. The minimum Gasteiger partial charge on any atom is -0.457 e. The Kier molecular flexibility index (Phi) is 5.12. The van der Waals surface area contributed by atoms with Gasteiger partial charge in [0.15, 0.2) is 0 Å². The summed E-state index contributed by atoms with van der Waals surface area (Å²) in [5.41, 5.74) is 1.66. The molecule has 0 aliphatic carbocycles. The Labute approximate surface area is 150 Å². The van der Waals surface area contributed by atoms with Gasteiger partial charge in [0.2, 0.25) is 0 Å². The lowest BCUT2D eigenvalue weighted by Gasteiger charge is -2.10. The van der Waals surface area contributed by atoms with Crippen LogP contribution in [0.1, 0.15) is 27.2 Å². The van der Waals surface area contributed by atoms with Gasteiger partial charge in [-0.25, -0.2) is 5.10 Å². The second kappa shape index (κ2) is 7.65. The van der Waals surface area contributed by atoms with Crippen molar-refractivity contribution in [3.8, 4) is 11.5 Å². The third kappa shape index (κ3) is 3.97. The fourth-order valence-corrected chi connectivity index (χ4v) is 2.51. The van der Waals surface area contributed by atoms with Gasteiger partial charge in [-0.15, -0.1) is 0 Å². The van der Waals surface area contributed by atoms with Crippen molar-refractivity contribution in [1.82, 2.24) is 15.5 Å². The average Bonchev–Trinajstić information content (AvgIpc) is 2.65. The Morgan fingerprint density at radius 2 is 1.81 bits per heavy atom. The molecule has 0 unspecified atom stereocenters. The predicted molar refractivity (Wildman–Crippen MR) is 98.5 cm³/mol. The van der Waals surface area contributed by atoms with Gasteiger partial charge in [-0.2, -0.15) is 5.10 Å². The summed E-state index contributed by atoms with van der Waals surface area (Å²) >= 11 is 0. The van der Waals surface area contributed by atoms with Gasteiger partial charge in [0, 0.05) is 6.54 Å². The molecule has 0 spiro atoms. The van der Waals surface area contributed by atoms with E-state index in [1.54, 1.807) is 13.8 Å². The maximum absolute atomic E-state index is 12.4. The number of hydrogen-bond acceptors (Lipinski definition) is 4. The van der Waals surface area contributed by atoms with Crippen LogP contribution in [0.15, 0.2) is 59.4 Å².